The third kappa shape index (κ3) is 4.77. The molecule has 22 heavy (non-hydrogen) atoms. The van der Waals surface area contributed by atoms with Gasteiger partial charge in [0.15, 0.2) is 0 Å². The molecular formula is C17H19BrN2O2. The van der Waals surface area contributed by atoms with Crippen molar-refractivity contribution in [1.82, 2.24) is 5.32 Å². The van der Waals surface area contributed by atoms with Crippen molar-refractivity contribution in [3.05, 3.63) is 58.6 Å². The van der Waals surface area contributed by atoms with E-state index in [0.29, 0.717) is 18.7 Å². The summed E-state index contributed by atoms with van der Waals surface area (Å²) in [6, 6.07) is 15.1. The molecule has 4 nitrogen and oxygen atoms in total. The molecule has 0 unspecified atom stereocenters. The number of halogens is 1. The summed E-state index contributed by atoms with van der Waals surface area (Å²) in [5.74, 6) is 0.683. The molecule has 0 heterocycles. The van der Waals surface area contributed by atoms with Crippen molar-refractivity contribution >= 4 is 27.5 Å². The third-order valence-electron chi connectivity index (χ3n) is 3.10. The summed E-state index contributed by atoms with van der Waals surface area (Å²) in [6.07, 6.45) is 0. The van der Waals surface area contributed by atoms with Crippen molar-refractivity contribution in [3.63, 3.8) is 0 Å². The van der Waals surface area contributed by atoms with Crippen LogP contribution in [0.25, 0.3) is 0 Å². The maximum absolute atomic E-state index is 12.0. The first kappa shape index (κ1) is 16.4. The first-order chi connectivity index (χ1) is 10.6. The van der Waals surface area contributed by atoms with Gasteiger partial charge in [-0.2, -0.15) is 0 Å². The highest BCUT2D eigenvalue weighted by molar-refractivity contribution is 9.10. The molecule has 0 fully saturated rings. The molecule has 0 saturated heterocycles. The van der Waals surface area contributed by atoms with Crippen molar-refractivity contribution in [1.29, 1.82) is 0 Å². The number of carbonyl (C=O) groups is 1. The van der Waals surface area contributed by atoms with Gasteiger partial charge in [-0.3, -0.25) is 4.79 Å². The van der Waals surface area contributed by atoms with Gasteiger partial charge in [0.1, 0.15) is 12.4 Å². The van der Waals surface area contributed by atoms with Gasteiger partial charge in [-0.05, 0) is 42.5 Å². The Morgan fingerprint density at radius 3 is 2.55 bits per heavy atom. The van der Waals surface area contributed by atoms with E-state index in [2.05, 4.69) is 21.2 Å². The molecule has 0 aromatic heterocycles. The maximum atomic E-state index is 12.0. The largest absolute Gasteiger partial charge is 0.492 e. The Morgan fingerprint density at radius 1 is 1.18 bits per heavy atom. The fraction of sp³-hybridized carbons (Fsp3) is 0.235. The second kappa shape index (κ2) is 7.84. The van der Waals surface area contributed by atoms with Gasteiger partial charge in [-0.15, -0.1) is 0 Å². The molecule has 0 bridgehead atoms. The summed E-state index contributed by atoms with van der Waals surface area (Å²) in [6.45, 7) is 0.888. The average Bonchev–Trinajstić information content (AvgIpc) is 2.51. The number of ether oxygens (including phenoxy) is 1. The highest BCUT2D eigenvalue weighted by Crippen LogP contribution is 2.17. The molecule has 0 aliphatic heterocycles. The second-order valence-corrected chi connectivity index (χ2v) is 5.92. The summed E-state index contributed by atoms with van der Waals surface area (Å²) < 4.78 is 6.54. The van der Waals surface area contributed by atoms with Crippen LogP contribution >= 0.6 is 15.9 Å². The predicted octanol–water partition coefficient (Wildman–Crippen LogP) is 3.32. The van der Waals surface area contributed by atoms with E-state index in [1.165, 1.54) is 0 Å². The fourth-order valence-corrected chi connectivity index (χ4v) is 2.28. The topological polar surface area (TPSA) is 41.6 Å². The first-order valence-electron chi connectivity index (χ1n) is 7.00. The molecule has 2 aromatic carbocycles. The Balaban J connectivity index is 1.78. The number of hydrogen-bond donors (Lipinski definition) is 1. The molecule has 116 valence electrons. The molecule has 5 heteroatoms. The van der Waals surface area contributed by atoms with Crippen LogP contribution in [0.3, 0.4) is 0 Å². The lowest BCUT2D eigenvalue weighted by molar-refractivity contribution is 0.0947. The number of nitrogens with zero attached hydrogens (tertiary/aromatic N) is 1. The zero-order valence-corrected chi connectivity index (χ0v) is 14.3. The second-order valence-electron chi connectivity index (χ2n) is 5.00. The van der Waals surface area contributed by atoms with Crippen molar-refractivity contribution in [3.8, 4) is 5.75 Å². The van der Waals surface area contributed by atoms with E-state index in [4.69, 9.17) is 4.74 Å². The van der Waals surface area contributed by atoms with Gasteiger partial charge in [0.2, 0.25) is 0 Å². The summed E-state index contributed by atoms with van der Waals surface area (Å²) in [5.41, 5.74) is 1.71. The number of nitrogens with one attached hydrogen (secondary N) is 1. The van der Waals surface area contributed by atoms with Crippen molar-refractivity contribution in [2.75, 3.05) is 32.1 Å². The lowest BCUT2D eigenvalue weighted by atomic mass is 10.2. The minimum Gasteiger partial charge on any atom is -0.492 e. The quantitative estimate of drug-likeness (QED) is 0.801. The van der Waals surface area contributed by atoms with Gasteiger partial charge in [0, 0.05) is 29.8 Å². The summed E-state index contributed by atoms with van der Waals surface area (Å²) >= 11 is 3.39. The minimum absolute atomic E-state index is 0.0943. The van der Waals surface area contributed by atoms with Gasteiger partial charge in [0.05, 0.1) is 6.54 Å². The van der Waals surface area contributed by atoms with Crippen LogP contribution in [0.1, 0.15) is 10.4 Å². The molecule has 2 aromatic rings. The SMILES string of the molecule is CN(C)c1ccc(C(=O)NCCOc2cccc(Br)c2)cc1. The van der Waals surface area contributed by atoms with E-state index in [9.17, 15) is 4.79 Å². The molecular weight excluding hydrogens is 344 g/mol. The van der Waals surface area contributed by atoms with Crippen LogP contribution in [-0.4, -0.2) is 33.2 Å². The summed E-state index contributed by atoms with van der Waals surface area (Å²) in [7, 11) is 3.93. The molecule has 2 rings (SSSR count). The Hall–Kier alpha value is -2.01. The van der Waals surface area contributed by atoms with E-state index >= 15 is 0 Å². The van der Waals surface area contributed by atoms with Crippen LogP contribution in [0.2, 0.25) is 0 Å². The Bertz CT molecular complexity index is 627. The Morgan fingerprint density at radius 2 is 1.91 bits per heavy atom. The number of rotatable bonds is 6. The van der Waals surface area contributed by atoms with E-state index in [1.807, 2.05) is 67.5 Å². The lowest BCUT2D eigenvalue weighted by Crippen LogP contribution is -2.28. The smallest absolute Gasteiger partial charge is 0.251 e. The molecule has 0 atom stereocenters. The molecule has 1 amide bonds. The van der Waals surface area contributed by atoms with Crippen molar-refractivity contribution in [2.45, 2.75) is 0 Å². The number of carbonyl (C=O) groups excluding carboxylic acids is 1. The van der Waals surface area contributed by atoms with Gasteiger partial charge >= 0.3 is 0 Å². The first-order valence-corrected chi connectivity index (χ1v) is 7.79. The minimum atomic E-state index is -0.0943. The molecule has 0 spiro atoms. The highest BCUT2D eigenvalue weighted by Gasteiger charge is 2.05. The number of benzene rings is 2. The average molecular weight is 363 g/mol. The standard InChI is InChI=1S/C17H19BrN2O2/c1-20(2)15-8-6-13(7-9-15)17(21)19-10-11-22-16-5-3-4-14(18)12-16/h3-9,12H,10-11H2,1-2H3,(H,19,21). The lowest BCUT2D eigenvalue weighted by Gasteiger charge is -2.12. The third-order valence-corrected chi connectivity index (χ3v) is 3.59. The van der Waals surface area contributed by atoms with Gasteiger partial charge in [-0.1, -0.05) is 22.0 Å². The normalized spacial score (nSPS) is 10.1. The van der Waals surface area contributed by atoms with Crippen LogP contribution in [0.15, 0.2) is 53.0 Å². The Labute approximate surface area is 139 Å². The van der Waals surface area contributed by atoms with Gasteiger partial charge in [0.25, 0.3) is 5.91 Å². The zero-order chi connectivity index (χ0) is 15.9. The monoisotopic (exact) mass is 362 g/mol. The highest BCUT2D eigenvalue weighted by atomic mass is 79.9. The summed E-state index contributed by atoms with van der Waals surface area (Å²) in [5, 5.41) is 2.84. The van der Waals surface area contributed by atoms with Crippen LogP contribution in [0, 0.1) is 0 Å². The molecule has 0 saturated carbocycles. The fourth-order valence-electron chi connectivity index (χ4n) is 1.90. The van der Waals surface area contributed by atoms with E-state index in [0.717, 1.165) is 15.9 Å². The number of amides is 1. The van der Waals surface area contributed by atoms with Crippen molar-refractivity contribution < 1.29 is 9.53 Å². The van der Waals surface area contributed by atoms with Crippen LogP contribution < -0.4 is 15.0 Å². The van der Waals surface area contributed by atoms with E-state index in [-0.39, 0.29) is 5.91 Å². The van der Waals surface area contributed by atoms with E-state index in [1.54, 1.807) is 0 Å². The van der Waals surface area contributed by atoms with E-state index < -0.39 is 0 Å². The van der Waals surface area contributed by atoms with Crippen LogP contribution in [0.5, 0.6) is 5.75 Å². The molecule has 0 aliphatic rings. The van der Waals surface area contributed by atoms with Gasteiger partial charge in [-0.25, -0.2) is 0 Å². The Kier molecular flexibility index (Phi) is 5.83. The predicted molar refractivity (Wildman–Crippen MR) is 92.7 cm³/mol. The number of anilines is 1. The number of hydrogen-bond acceptors (Lipinski definition) is 3. The summed E-state index contributed by atoms with van der Waals surface area (Å²) in [4.78, 5) is 14.0. The zero-order valence-electron chi connectivity index (χ0n) is 12.7. The maximum Gasteiger partial charge on any atom is 0.251 e. The van der Waals surface area contributed by atoms with Crippen LogP contribution in [0.4, 0.5) is 5.69 Å². The molecule has 0 radical (unpaired) electrons. The molecule has 1 N–H and O–H groups in total. The van der Waals surface area contributed by atoms with Gasteiger partial charge < -0.3 is 15.0 Å². The van der Waals surface area contributed by atoms with Crippen molar-refractivity contribution in [2.24, 2.45) is 0 Å². The molecule has 0 aliphatic carbocycles. The van der Waals surface area contributed by atoms with Crippen LogP contribution in [-0.2, 0) is 0 Å².